The van der Waals surface area contributed by atoms with Crippen LogP contribution in [-0.2, 0) is 9.72 Å². The second-order valence-corrected chi connectivity index (χ2v) is 6.79. The molecule has 0 aromatic heterocycles. The maximum absolute atomic E-state index is 12.2. The minimum atomic E-state index is -0.408. The van der Waals surface area contributed by atoms with Gasteiger partial charge in [-0.3, -0.25) is 4.57 Å². The lowest BCUT2D eigenvalue weighted by Crippen LogP contribution is -2.20. The lowest BCUT2D eigenvalue weighted by atomic mass is 9.85. The van der Waals surface area contributed by atoms with Gasteiger partial charge in [0.2, 0.25) is 0 Å². The van der Waals surface area contributed by atoms with E-state index in [0.717, 1.165) is 24.0 Å². The Bertz CT molecular complexity index is 511. The molecule has 22 heavy (non-hydrogen) atoms. The molecular weight excluding hydrogens is 287 g/mol. The normalized spacial score (nSPS) is 11.7. The molecule has 0 aliphatic carbocycles. The zero-order chi connectivity index (χ0) is 15.7. The summed E-state index contributed by atoms with van der Waals surface area (Å²) in [5.41, 5.74) is 2.29. The molecule has 116 valence electrons. The molecule has 0 fully saturated rings. The number of hydrogen-bond donors (Lipinski definition) is 0. The minimum absolute atomic E-state index is 0.187. The number of rotatable bonds is 9. The number of benzene rings is 2. The van der Waals surface area contributed by atoms with Crippen LogP contribution in [0.3, 0.4) is 0 Å². The fraction of sp³-hybridized carbons (Fsp3) is 0.400. The summed E-state index contributed by atoms with van der Waals surface area (Å²) in [6.45, 7) is 2.23. The van der Waals surface area contributed by atoms with Gasteiger partial charge < -0.3 is 0 Å². The van der Waals surface area contributed by atoms with Crippen LogP contribution in [-0.4, -0.2) is 0 Å². The molecule has 0 N–H and O–H groups in total. The van der Waals surface area contributed by atoms with Crippen molar-refractivity contribution in [2.75, 3.05) is 0 Å². The van der Waals surface area contributed by atoms with E-state index in [-0.39, 0.29) is 8.46 Å². The standard InChI is InChI=1S/C20H25OP/c1-2-3-4-5-12-17-20(22-21,18-13-8-6-9-14-18)19-15-10-7-11-16-19/h6-11,13-16H,2-5,12,17H2,1H3. The monoisotopic (exact) mass is 312 g/mol. The van der Waals surface area contributed by atoms with Crippen LogP contribution < -0.4 is 0 Å². The molecule has 0 bridgehead atoms. The average Bonchev–Trinajstić information content (AvgIpc) is 2.60. The lowest BCUT2D eigenvalue weighted by Gasteiger charge is -2.28. The SMILES string of the molecule is CCCCCCCC(P=O)(c1ccccc1)c1ccccc1. The van der Waals surface area contributed by atoms with Crippen molar-refractivity contribution in [2.45, 2.75) is 50.6 Å². The van der Waals surface area contributed by atoms with Gasteiger partial charge in [-0.25, -0.2) is 0 Å². The first-order chi connectivity index (χ1) is 10.8. The van der Waals surface area contributed by atoms with Crippen LogP contribution in [0.5, 0.6) is 0 Å². The molecule has 2 aromatic carbocycles. The van der Waals surface area contributed by atoms with Crippen molar-refractivity contribution in [1.82, 2.24) is 0 Å². The third kappa shape index (κ3) is 4.05. The zero-order valence-corrected chi connectivity index (χ0v) is 14.3. The van der Waals surface area contributed by atoms with Gasteiger partial charge in [0.1, 0.15) is 5.16 Å². The highest BCUT2D eigenvalue weighted by Crippen LogP contribution is 2.46. The fourth-order valence-corrected chi connectivity index (χ4v) is 3.78. The van der Waals surface area contributed by atoms with Gasteiger partial charge in [0.25, 0.3) is 0 Å². The summed E-state index contributed by atoms with van der Waals surface area (Å²) in [7, 11) is 0.187. The van der Waals surface area contributed by atoms with E-state index >= 15 is 0 Å². The Morgan fingerprint density at radius 3 is 1.73 bits per heavy atom. The third-order valence-corrected chi connectivity index (χ3v) is 5.35. The van der Waals surface area contributed by atoms with Crippen molar-refractivity contribution in [3.8, 4) is 0 Å². The maximum Gasteiger partial charge on any atom is 0.171 e. The average molecular weight is 312 g/mol. The first-order valence-electron chi connectivity index (χ1n) is 8.29. The molecular formula is C20H25OP. The Labute approximate surface area is 136 Å². The van der Waals surface area contributed by atoms with E-state index in [0.29, 0.717) is 0 Å². The second kappa shape index (κ2) is 8.86. The molecule has 0 aliphatic heterocycles. The third-order valence-electron chi connectivity index (χ3n) is 4.30. The Kier molecular flexibility index (Phi) is 6.80. The van der Waals surface area contributed by atoms with E-state index in [4.69, 9.17) is 0 Å². The predicted molar refractivity (Wildman–Crippen MR) is 94.6 cm³/mol. The summed E-state index contributed by atoms with van der Waals surface area (Å²) in [5.74, 6) is 0. The van der Waals surface area contributed by atoms with Gasteiger partial charge in [0, 0.05) is 0 Å². The van der Waals surface area contributed by atoms with Crippen LogP contribution in [0, 0.1) is 0 Å². The van der Waals surface area contributed by atoms with Gasteiger partial charge >= 0.3 is 0 Å². The predicted octanol–water partition coefficient (Wildman–Crippen LogP) is 6.58. The summed E-state index contributed by atoms with van der Waals surface area (Å²) in [4.78, 5) is 0. The molecule has 0 atom stereocenters. The van der Waals surface area contributed by atoms with Crippen molar-refractivity contribution in [3.05, 3.63) is 71.8 Å². The van der Waals surface area contributed by atoms with Gasteiger partial charge in [-0.05, 0) is 17.5 Å². The van der Waals surface area contributed by atoms with Crippen LogP contribution >= 0.6 is 8.46 Å². The number of hydrogen-bond acceptors (Lipinski definition) is 1. The Balaban J connectivity index is 2.25. The van der Waals surface area contributed by atoms with E-state index in [1.54, 1.807) is 0 Å². The van der Waals surface area contributed by atoms with Crippen molar-refractivity contribution < 1.29 is 4.57 Å². The van der Waals surface area contributed by atoms with Crippen LogP contribution in [0.15, 0.2) is 60.7 Å². The Hall–Kier alpha value is -1.46. The molecule has 2 heteroatoms. The fourth-order valence-electron chi connectivity index (χ4n) is 3.02. The van der Waals surface area contributed by atoms with Crippen molar-refractivity contribution in [3.63, 3.8) is 0 Å². The number of unbranched alkanes of at least 4 members (excludes halogenated alkanes) is 4. The van der Waals surface area contributed by atoms with Crippen molar-refractivity contribution in [1.29, 1.82) is 0 Å². The highest BCUT2D eigenvalue weighted by molar-refractivity contribution is 7.26. The Morgan fingerprint density at radius 1 is 0.773 bits per heavy atom. The molecule has 0 saturated heterocycles. The summed E-state index contributed by atoms with van der Waals surface area (Å²) < 4.78 is 12.2. The molecule has 1 nitrogen and oxygen atoms in total. The molecule has 0 heterocycles. The van der Waals surface area contributed by atoms with E-state index < -0.39 is 5.16 Å². The van der Waals surface area contributed by atoms with E-state index in [1.165, 1.54) is 25.7 Å². The van der Waals surface area contributed by atoms with Gasteiger partial charge in [0.05, 0.1) is 0 Å². The molecule has 0 radical (unpaired) electrons. The molecule has 0 amide bonds. The molecule has 2 rings (SSSR count). The van der Waals surface area contributed by atoms with E-state index in [2.05, 4.69) is 31.2 Å². The van der Waals surface area contributed by atoms with Gasteiger partial charge in [-0.1, -0.05) is 99.7 Å². The van der Waals surface area contributed by atoms with Crippen LogP contribution in [0.4, 0.5) is 0 Å². The van der Waals surface area contributed by atoms with Crippen LogP contribution in [0.1, 0.15) is 56.6 Å². The molecule has 0 unspecified atom stereocenters. The first-order valence-corrected chi connectivity index (χ1v) is 9.10. The quantitative estimate of drug-likeness (QED) is 0.377. The minimum Gasteiger partial charge on any atom is -0.274 e. The highest BCUT2D eigenvalue weighted by Gasteiger charge is 2.34. The summed E-state index contributed by atoms with van der Waals surface area (Å²) in [6, 6.07) is 20.6. The molecule has 0 spiro atoms. The van der Waals surface area contributed by atoms with Crippen LogP contribution in [0.25, 0.3) is 0 Å². The second-order valence-electron chi connectivity index (χ2n) is 5.85. The van der Waals surface area contributed by atoms with Gasteiger partial charge in [0.15, 0.2) is 8.46 Å². The van der Waals surface area contributed by atoms with Gasteiger partial charge in [-0.2, -0.15) is 0 Å². The Morgan fingerprint density at radius 2 is 1.27 bits per heavy atom. The maximum atomic E-state index is 12.2. The zero-order valence-electron chi connectivity index (χ0n) is 13.4. The van der Waals surface area contributed by atoms with Crippen molar-refractivity contribution >= 4 is 8.46 Å². The topological polar surface area (TPSA) is 17.1 Å². The van der Waals surface area contributed by atoms with Crippen LogP contribution in [0.2, 0.25) is 0 Å². The lowest BCUT2D eigenvalue weighted by molar-refractivity contribution is 0.527. The van der Waals surface area contributed by atoms with Gasteiger partial charge in [-0.15, -0.1) is 0 Å². The largest absolute Gasteiger partial charge is 0.274 e. The molecule has 0 aliphatic rings. The first kappa shape index (κ1) is 16.9. The summed E-state index contributed by atoms with van der Waals surface area (Å²) in [5, 5.41) is -0.408. The molecule has 0 saturated carbocycles. The van der Waals surface area contributed by atoms with E-state index in [1.807, 2.05) is 36.4 Å². The van der Waals surface area contributed by atoms with E-state index in [9.17, 15) is 4.57 Å². The van der Waals surface area contributed by atoms with Crippen molar-refractivity contribution in [2.24, 2.45) is 0 Å². The summed E-state index contributed by atoms with van der Waals surface area (Å²) >= 11 is 0. The summed E-state index contributed by atoms with van der Waals surface area (Å²) in [6.07, 6.45) is 7.06. The molecule has 2 aromatic rings. The highest BCUT2D eigenvalue weighted by atomic mass is 31.1. The smallest absolute Gasteiger partial charge is 0.171 e.